The van der Waals surface area contributed by atoms with Gasteiger partial charge in [-0.25, -0.2) is 0 Å². The van der Waals surface area contributed by atoms with Crippen molar-refractivity contribution in [1.29, 1.82) is 0 Å². The average Bonchev–Trinajstić information content (AvgIpc) is 2.11. The van der Waals surface area contributed by atoms with Crippen LogP contribution in [0.1, 0.15) is 41.0 Å². The summed E-state index contributed by atoms with van der Waals surface area (Å²) in [5.41, 5.74) is 5.56. The van der Waals surface area contributed by atoms with Gasteiger partial charge in [0.15, 0.2) is 0 Å². The Balaban J connectivity index is 2.93. The molecule has 3 heteroatoms. The van der Waals surface area contributed by atoms with Crippen molar-refractivity contribution in [2.45, 2.75) is 58.2 Å². The highest BCUT2D eigenvalue weighted by atomic mass is 16.5. The van der Waals surface area contributed by atoms with Gasteiger partial charge in [-0.2, -0.15) is 5.06 Å². The van der Waals surface area contributed by atoms with Gasteiger partial charge in [-0.1, -0.05) is 0 Å². The third-order valence-corrected chi connectivity index (χ3v) is 3.38. The van der Waals surface area contributed by atoms with Crippen LogP contribution in [0.4, 0.5) is 0 Å². The smallest absolute Gasteiger partial charge is 0.0453 e. The zero-order chi connectivity index (χ0) is 10.4. The van der Waals surface area contributed by atoms with E-state index in [-0.39, 0.29) is 17.1 Å². The molecule has 1 rings (SSSR count). The molecular formula is C10H22N2O. The second kappa shape index (κ2) is 2.94. The molecule has 78 valence electrons. The number of nitrogens with two attached hydrogens (primary N) is 1. The van der Waals surface area contributed by atoms with Crippen LogP contribution in [0, 0.1) is 5.92 Å². The summed E-state index contributed by atoms with van der Waals surface area (Å²) in [6, 6.07) is 0.131. The summed E-state index contributed by atoms with van der Waals surface area (Å²) in [4.78, 5) is 0. The molecule has 13 heavy (non-hydrogen) atoms. The summed E-state index contributed by atoms with van der Waals surface area (Å²) >= 11 is 0. The molecular weight excluding hydrogens is 164 g/mol. The fourth-order valence-corrected chi connectivity index (χ4v) is 2.64. The predicted molar refractivity (Wildman–Crippen MR) is 53.5 cm³/mol. The van der Waals surface area contributed by atoms with E-state index in [1.165, 1.54) is 5.06 Å². The van der Waals surface area contributed by atoms with Crippen LogP contribution in [-0.4, -0.2) is 27.4 Å². The van der Waals surface area contributed by atoms with Crippen LogP contribution in [0.2, 0.25) is 0 Å². The Morgan fingerprint density at radius 3 is 2.00 bits per heavy atom. The first-order chi connectivity index (χ1) is 5.69. The molecule has 0 spiro atoms. The van der Waals surface area contributed by atoms with Gasteiger partial charge in [0.2, 0.25) is 0 Å². The van der Waals surface area contributed by atoms with Crippen LogP contribution < -0.4 is 5.73 Å². The molecule has 0 amide bonds. The van der Waals surface area contributed by atoms with E-state index in [4.69, 9.17) is 5.73 Å². The molecule has 1 aliphatic heterocycles. The van der Waals surface area contributed by atoms with E-state index >= 15 is 0 Å². The number of hydroxylamine groups is 2. The highest BCUT2D eigenvalue weighted by Crippen LogP contribution is 2.44. The zero-order valence-corrected chi connectivity index (χ0v) is 9.33. The summed E-state index contributed by atoms with van der Waals surface area (Å²) in [6.07, 6.45) is 0.953. The lowest BCUT2D eigenvalue weighted by atomic mass is 9.82. The van der Waals surface area contributed by atoms with Gasteiger partial charge in [0.1, 0.15) is 0 Å². The van der Waals surface area contributed by atoms with E-state index in [1.807, 2.05) is 6.92 Å². The van der Waals surface area contributed by atoms with Gasteiger partial charge in [-0.15, -0.1) is 0 Å². The molecule has 0 radical (unpaired) electrons. The first-order valence-electron chi connectivity index (χ1n) is 4.94. The minimum Gasteiger partial charge on any atom is -0.328 e. The van der Waals surface area contributed by atoms with Crippen molar-refractivity contribution in [3.63, 3.8) is 0 Å². The van der Waals surface area contributed by atoms with E-state index < -0.39 is 0 Å². The van der Waals surface area contributed by atoms with Crippen molar-refractivity contribution in [1.82, 2.24) is 5.06 Å². The lowest BCUT2D eigenvalue weighted by Gasteiger charge is -2.36. The summed E-state index contributed by atoms with van der Waals surface area (Å²) in [6.45, 7) is 10.2. The number of rotatable bonds is 1. The van der Waals surface area contributed by atoms with E-state index in [0.29, 0.717) is 5.92 Å². The Kier molecular flexibility index (Phi) is 2.48. The van der Waals surface area contributed by atoms with Crippen molar-refractivity contribution in [3.8, 4) is 0 Å². The molecule has 1 fully saturated rings. The molecule has 0 aromatic carbocycles. The molecule has 0 aromatic heterocycles. The topological polar surface area (TPSA) is 49.5 Å². The SMILES string of the molecule is CC(N)C1CC(C)(C)N(O)C1(C)C. The van der Waals surface area contributed by atoms with Gasteiger partial charge in [0.05, 0.1) is 0 Å². The number of hydrogen-bond acceptors (Lipinski definition) is 3. The van der Waals surface area contributed by atoms with Crippen molar-refractivity contribution in [3.05, 3.63) is 0 Å². The molecule has 1 aliphatic rings. The molecule has 2 atom stereocenters. The minimum absolute atomic E-state index is 0.131. The fraction of sp³-hybridized carbons (Fsp3) is 1.00. The van der Waals surface area contributed by atoms with Crippen LogP contribution in [0.25, 0.3) is 0 Å². The Labute approximate surface area is 80.9 Å². The largest absolute Gasteiger partial charge is 0.328 e. The lowest BCUT2D eigenvalue weighted by Crippen LogP contribution is -2.49. The highest BCUT2D eigenvalue weighted by molar-refractivity contribution is 5.04. The van der Waals surface area contributed by atoms with Crippen molar-refractivity contribution in [2.24, 2.45) is 11.7 Å². The molecule has 0 saturated carbocycles. The van der Waals surface area contributed by atoms with Gasteiger partial charge >= 0.3 is 0 Å². The van der Waals surface area contributed by atoms with Gasteiger partial charge in [-0.05, 0) is 47.0 Å². The molecule has 1 saturated heterocycles. The minimum atomic E-state index is -0.211. The Hall–Kier alpha value is -0.120. The summed E-state index contributed by atoms with van der Waals surface area (Å²) in [5.74, 6) is 0.354. The third-order valence-electron chi connectivity index (χ3n) is 3.38. The second-order valence-corrected chi connectivity index (χ2v) is 5.45. The van der Waals surface area contributed by atoms with Gasteiger partial charge < -0.3 is 10.9 Å². The van der Waals surface area contributed by atoms with Crippen molar-refractivity contribution >= 4 is 0 Å². The quantitative estimate of drug-likeness (QED) is 0.654. The van der Waals surface area contributed by atoms with Crippen molar-refractivity contribution < 1.29 is 5.21 Å². The Morgan fingerprint density at radius 1 is 1.38 bits per heavy atom. The molecule has 2 unspecified atom stereocenters. The van der Waals surface area contributed by atoms with Crippen LogP contribution in [-0.2, 0) is 0 Å². The van der Waals surface area contributed by atoms with E-state index in [1.54, 1.807) is 0 Å². The van der Waals surface area contributed by atoms with Crippen LogP contribution >= 0.6 is 0 Å². The molecule has 3 nitrogen and oxygen atoms in total. The summed E-state index contributed by atoms with van der Waals surface area (Å²) in [7, 11) is 0. The molecule has 0 bridgehead atoms. The third kappa shape index (κ3) is 1.60. The van der Waals surface area contributed by atoms with Gasteiger partial charge in [-0.3, -0.25) is 0 Å². The normalized spacial score (nSPS) is 34.8. The first-order valence-corrected chi connectivity index (χ1v) is 4.94. The van der Waals surface area contributed by atoms with Gasteiger partial charge in [0, 0.05) is 17.1 Å². The Bertz CT molecular complexity index is 199. The standard InChI is InChI=1S/C10H22N2O/c1-7(11)8-6-9(2,3)12(13)10(8,4)5/h7-8,13H,6,11H2,1-5H3. The molecule has 0 aromatic rings. The fourth-order valence-electron chi connectivity index (χ4n) is 2.64. The Morgan fingerprint density at radius 2 is 1.85 bits per heavy atom. The maximum absolute atomic E-state index is 9.98. The maximum Gasteiger partial charge on any atom is 0.0453 e. The highest BCUT2D eigenvalue weighted by Gasteiger charge is 2.52. The number of hydrogen-bond donors (Lipinski definition) is 2. The summed E-state index contributed by atoms with van der Waals surface area (Å²) < 4.78 is 0. The average molecular weight is 186 g/mol. The van der Waals surface area contributed by atoms with Crippen LogP contribution in [0.5, 0.6) is 0 Å². The van der Waals surface area contributed by atoms with Crippen molar-refractivity contribution in [2.75, 3.05) is 0 Å². The first kappa shape index (κ1) is 11.0. The molecule has 3 N–H and O–H groups in total. The second-order valence-electron chi connectivity index (χ2n) is 5.45. The maximum atomic E-state index is 9.98. The lowest BCUT2D eigenvalue weighted by molar-refractivity contribution is -0.197. The van der Waals surface area contributed by atoms with Crippen LogP contribution in [0.3, 0.4) is 0 Å². The number of nitrogens with zero attached hydrogens (tertiary/aromatic N) is 1. The molecule has 0 aliphatic carbocycles. The zero-order valence-electron chi connectivity index (χ0n) is 9.33. The van der Waals surface area contributed by atoms with Gasteiger partial charge in [0.25, 0.3) is 0 Å². The monoisotopic (exact) mass is 186 g/mol. The van der Waals surface area contributed by atoms with E-state index in [9.17, 15) is 5.21 Å². The predicted octanol–water partition coefficient (Wildman–Crippen LogP) is 1.60. The van der Waals surface area contributed by atoms with Crippen LogP contribution in [0.15, 0.2) is 0 Å². The molecule has 1 heterocycles. The van der Waals surface area contributed by atoms with E-state index in [0.717, 1.165) is 6.42 Å². The summed E-state index contributed by atoms with van der Waals surface area (Å²) in [5, 5.41) is 11.4. The van der Waals surface area contributed by atoms with E-state index in [2.05, 4.69) is 27.7 Å².